The Morgan fingerprint density at radius 1 is 1.53 bits per heavy atom. The molecule has 0 saturated heterocycles. The van der Waals surface area contributed by atoms with Gasteiger partial charge in [0.2, 0.25) is 10.0 Å². The maximum Gasteiger partial charge on any atom is 0.243 e. The topological polar surface area (TPSA) is 66.4 Å². The molecular formula is C12H15ClFNO3S. The van der Waals surface area contributed by atoms with Gasteiger partial charge in [-0.3, -0.25) is 0 Å². The first kappa shape index (κ1) is 14.7. The van der Waals surface area contributed by atoms with Crippen LogP contribution in [0.25, 0.3) is 0 Å². The third-order valence-electron chi connectivity index (χ3n) is 3.29. The van der Waals surface area contributed by atoms with Crippen LogP contribution in [0.1, 0.15) is 25.3 Å². The Balaban J connectivity index is 2.32. The molecule has 1 saturated carbocycles. The number of aliphatic hydroxyl groups excluding tert-OH is 1. The van der Waals surface area contributed by atoms with Crippen LogP contribution in [0.5, 0.6) is 0 Å². The standard InChI is InChI=1S/C12H15ClFNO3S/c1-2-7-4-10(7)15-19(17,18)11-5-9(13)3-8(6-16)12(11)14/h3,5,7,10,15-16H,2,4,6H2,1H3. The number of aliphatic hydroxyl groups is 1. The zero-order chi connectivity index (χ0) is 14.2. The molecule has 1 aliphatic rings. The van der Waals surface area contributed by atoms with Gasteiger partial charge < -0.3 is 5.11 Å². The van der Waals surface area contributed by atoms with Gasteiger partial charge in [0.1, 0.15) is 10.7 Å². The van der Waals surface area contributed by atoms with Crippen LogP contribution in [0, 0.1) is 11.7 Å². The smallest absolute Gasteiger partial charge is 0.243 e. The molecule has 2 unspecified atom stereocenters. The lowest BCUT2D eigenvalue weighted by Gasteiger charge is -2.10. The van der Waals surface area contributed by atoms with Crippen LogP contribution >= 0.6 is 11.6 Å². The van der Waals surface area contributed by atoms with Crippen LogP contribution in [-0.4, -0.2) is 19.6 Å². The first-order chi connectivity index (χ1) is 8.89. The summed E-state index contributed by atoms with van der Waals surface area (Å²) >= 11 is 5.74. The fourth-order valence-electron chi connectivity index (χ4n) is 2.03. The van der Waals surface area contributed by atoms with E-state index in [2.05, 4.69) is 4.72 Å². The van der Waals surface area contributed by atoms with Gasteiger partial charge >= 0.3 is 0 Å². The van der Waals surface area contributed by atoms with Crippen molar-refractivity contribution in [2.24, 2.45) is 5.92 Å². The van der Waals surface area contributed by atoms with E-state index in [0.29, 0.717) is 5.92 Å². The maximum atomic E-state index is 14.0. The Hall–Kier alpha value is -0.690. The molecule has 4 nitrogen and oxygen atoms in total. The van der Waals surface area contributed by atoms with E-state index >= 15 is 0 Å². The highest BCUT2D eigenvalue weighted by molar-refractivity contribution is 7.89. The van der Waals surface area contributed by atoms with Gasteiger partial charge in [0.05, 0.1) is 6.61 Å². The average Bonchev–Trinajstić information content (AvgIpc) is 3.09. The Morgan fingerprint density at radius 3 is 2.74 bits per heavy atom. The summed E-state index contributed by atoms with van der Waals surface area (Å²) in [5, 5.41) is 9.07. The number of benzene rings is 1. The Labute approximate surface area is 116 Å². The fourth-order valence-corrected chi connectivity index (χ4v) is 3.80. The van der Waals surface area contributed by atoms with Crippen molar-refractivity contribution in [2.45, 2.75) is 37.3 Å². The minimum absolute atomic E-state index is 0.0775. The minimum atomic E-state index is -3.95. The van der Waals surface area contributed by atoms with Crippen molar-refractivity contribution in [1.29, 1.82) is 0 Å². The SMILES string of the molecule is CCC1CC1NS(=O)(=O)c1cc(Cl)cc(CO)c1F. The molecule has 1 fully saturated rings. The first-order valence-electron chi connectivity index (χ1n) is 6.00. The van der Waals surface area contributed by atoms with E-state index < -0.39 is 27.3 Å². The van der Waals surface area contributed by atoms with Gasteiger partial charge in [-0.2, -0.15) is 0 Å². The largest absolute Gasteiger partial charge is 0.392 e. The molecular weight excluding hydrogens is 293 g/mol. The second kappa shape index (κ2) is 5.36. The van der Waals surface area contributed by atoms with Crippen molar-refractivity contribution in [2.75, 3.05) is 0 Å². The molecule has 0 bridgehead atoms. The number of rotatable bonds is 5. The molecule has 2 N–H and O–H groups in total. The number of halogens is 2. The summed E-state index contributed by atoms with van der Waals surface area (Å²) in [7, 11) is -3.95. The van der Waals surface area contributed by atoms with Crippen molar-refractivity contribution in [1.82, 2.24) is 4.72 Å². The normalized spacial score (nSPS) is 22.5. The van der Waals surface area contributed by atoms with E-state index in [1.165, 1.54) is 6.07 Å². The molecule has 19 heavy (non-hydrogen) atoms. The van der Waals surface area contributed by atoms with Crippen LogP contribution in [0.2, 0.25) is 5.02 Å². The highest BCUT2D eigenvalue weighted by Gasteiger charge is 2.39. The highest BCUT2D eigenvalue weighted by atomic mass is 35.5. The number of hydrogen-bond acceptors (Lipinski definition) is 3. The van der Waals surface area contributed by atoms with Crippen molar-refractivity contribution in [3.63, 3.8) is 0 Å². The maximum absolute atomic E-state index is 14.0. The summed E-state index contributed by atoms with van der Waals surface area (Å²) in [6.07, 6.45) is 1.65. The highest BCUT2D eigenvalue weighted by Crippen LogP contribution is 2.35. The number of hydrogen-bond donors (Lipinski definition) is 2. The van der Waals surface area contributed by atoms with Gasteiger partial charge in [-0.15, -0.1) is 0 Å². The second-order valence-corrected chi connectivity index (χ2v) is 6.79. The zero-order valence-electron chi connectivity index (χ0n) is 10.4. The predicted octanol–water partition coefficient (Wildman–Crippen LogP) is 2.05. The summed E-state index contributed by atoms with van der Waals surface area (Å²) in [6, 6.07) is 2.13. The fraction of sp³-hybridized carbons (Fsp3) is 0.500. The van der Waals surface area contributed by atoms with E-state index in [1.54, 1.807) is 0 Å². The van der Waals surface area contributed by atoms with Gasteiger partial charge in [0, 0.05) is 16.6 Å². The van der Waals surface area contributed by atoms with Gasteiger partial charge in [0.25, 0.3) is 0 Å². The third-order valence-corrected chi connectivity index (χ3v) is 5.00. The zero-order valence-corrected chi connectivity index (χ0v) is 11.9. The van der Waals surface area contributed by atoms with E-state index in [1.807, 2.05) is 6.92 Å². The molecule has 1 aliphatic carbocycles. The molecule has 7 heteroatoms. The lowest BCUT2D eigenvalue weighted by molar-refractivity contribution is 0.274. The van der Waals surface area contributed by atoms with Crippen LogP contribution in [0.3, 0.4) is 0 Å². The first-order valence-corrected chi connectivity index (χ1v) is 7.86. The van der Waals surface area contributed by atoms with Crippen molar-refractivity contribution in [3.8, 4) is 0 Å². The monoisotopic (exact) mass is 307 g/mol. The molecule has 0 amide bonds. The molecule has 0 aliphatic heterocycles. The molecule has 106 valence electrons. The lowest BCUT2D eigenvalue weighted by atomic mass is 10.2. The van der Waals surface area contributed by atoms with Crippen molar-refractivity contribution < 1.29 is 17.9 Å². The predicted molar refractivity (Wildman–Crippen MR) is 69.8 cm³/mol. The van der Waals surface area contributed by atoms with Gasteiger partial charge in [0.15, 0.2) is 0 Å². The van der Waals surface area contributed by atoms with Gasteiger partial charge in [-0.1, -0.05) is 24.9 Å². The second-order valence-electron chi connectivity index (χ2n) is 4.67. The summed E-state index contributed by atoms with van der Waals surface area (Å²) in [5.41, 5.74) is -0.129. The van der Waals surface area contributed by atoms with Crippen LogP contribution < -0.4 is 4.72 Å². The summed E-state index contributed by atoms with van der Waals surface area (Å²) in [4.78, 5) is -0.509. The van der Waals surface area contributed by atoms with E-state index in [0.717, 1.165) is 18.9 Å². The molecule has 2 rings (SSSR count). The van der Waals surface area contributed by atoms with Crippen LogP contribution in [-0.2, 0) is 16.6 Å². The third kappa shape index (κ3) is 3.08. The number of nitrogens with one attached hydrogen (secondary N) is 1. The van der Waals surface area contributed by atoms with E-state index in [-0.39, 0.29) is 16.6 Å². The van der Waals surface area contributed by atoms with Crippen molar-refractivity contribution >= 4 is 21.6 Å². The lowest BCUT2D eigenvalue weighted by Crippen LogP contribution is -2.28. The molecule has 2 atom stereocenters. The van der Waals surface area contributed by atoms with Crippen LogP contribution in [0.15, 0.2) is 17.0 Å². The molecule has 1 aromatic rings. The molecule has 0 heterocycles. The Morgan fingerprint density at radius 2 is 2.21 bits per heavy atom. The van der Waals surface area contributed by atoms with E-state index in [9.17, 15) is 12.8 Å². The minimum Gasteiger partial charge on any atom is -0.392 e. The summed E-state index contributed by atoms with van der Waals surface area (Å²) in [6.45, 7) is 1.37. The quantitative estimate of drug-likeness (QED) is 0.875. The average molecular weight is 308 g/mol. The molecule has 1 aromatic carbocycles. The van der Waals surface area contributed by atoms with Crippen molar-refractivity contribution in [3.05, 3.63) is 28.5 Å². The Bertz CT molecular complexity index is 591. The van der Waals surface area contributed by atoms with Gasteiger partial charge in [-0.25, -0.2) is 17.5 Å². The van der Waals surface area contributed by atoms with E-state index in [4.69, 9.17) is 16.7 Å². The molecule has 0 aromatic heterocycles. The van der Waals surface area contributed by atoms with Crippen LogP contribution in [0.4, 0.5) is 4.39 Å². The summed E-state index contributed by atoms with van der Waals surface area (Å²) < 4.78 is 40.6. The molecule has 0 radical (unpaired) electrons. The summed E-state index contributed by atoms with van der Waals surface area (Å²) in [5.74, 6) is -0.637. The van der Waals surface area contributed by atoms with Gasteiger partial charge in [-0.05, 0) is 24.5 Å². The Kier molecular flexibility index (Phi) is 4.15. The number of sulfonamides is 1. The molecule has 0 spiro atoms.